The summed E-state index contributed by atoms with van der Waals surface area (Å²) in [4.78, 5) is 8.50. The van der Waals surface area contributed by atoms with Crippen molar-refractivity contribution in [2.75, 3.05) is 42.8 Å². The lowest BCUT2D eigenvalue weighted by atomic mass is 10.2. The minimum absolute atomic E-state index is 0.0909. The fourth-order valence-corrected chi connectivity index (χ4v) is 3.70. The van der Waals surface area contributed by atoms with Gasteiger partial charge >= 0.3 is 0 Å². The standard InChI is InChI=1S/C17H20F2N4O2S/c1-22-8-10-23(11-9-22)14-4-7-16(20-12-14)21-26(24,25)15-5-2-13(3-6-15)17(18)19/h2-7,12,17H,8-11H2,1H3,(H,20,21). The second kappa shape index (κ2) is 7.55. The van der Waals surface area contributed by atoms with Crippen LogP contribution in [0.15, 0.2) is 47.5 Å². The number of nitrogens with one attached hydrogen (secondary N) is 1. The first kappa shape index (κ1) is 18.5. The topological polar surface area (TPSA) is 65.5 Å². The first-order chi connectivity index (χ1) is 12.3. The molecule has 0 spiro atoms. The summed E-state index contributed by atoms with van der Waals surface area (Å²) < 4.78 is 52.2. The molecule has 0 amide bonds. The van der Waals surface area contributed by atoms with Gasteiger partial charge in [0.15, 0.2) is 0 Å². The Labute approximate surface area is 151 Å². The molecule has 0 bridgehead atoms. The zero-order valence-electron chi connectivity index (χ0n) is 14.3. The van der Waals surface area contributed by atoms with E-state index in [2.05, 4.69) is 26.6 Å². The molecule has 140 valence electrons. The van der Waals surface area contributed by atoms with E-state index in [0.717, 1.165) is 56.1 Å². The highest BCUT2D eigenvalue weighted by Gasteiger charge is 2.18. The van der Waals surface area contributed by atoms with Crippen LogP contribution in [0.25, 0.3) is 0 Å². The van der Waals surface area contributed by atoms with Gasteiger partial charge in [-0.05, 0) is 31.3 Å². The number of alkyl halides is 2. The van der Waals surface area contributed by atoms with Crippen LogP contribution in [0.5, 0.6) is 0 Å². The first-order valence-electron chi connectivity index (χ1n) is 8.15. The summed E-state index contributed by atoms with van der Waals surface area (Å²) in [5, 5.41) is 0. The van der Waals surface area contributed by atoms with Crippen LogP contribution in [0.3, 0.4) is 0 Å². The van der Waals surface area contributed by atoms with Crippen LogP contribution in [-0.4, -0.2) is 51.5 Å². The van der Waals surface area contributed by atoms with Crippen LogP contribution >= 0.6 is 0 Å². The summed E-state index contributed by atoms with van der Waals surface area (Å²) in [5.74, 6) is 0.181. The maximum absolute atomic E-state index is 12.6. The van der Waals surface area contributed by atoms with Crippen molar-refractivity contribution < 1.29 is 17.2 Å². The molecule has 1 fully saturated rings. The SMILES string of the molecule is CN1CCN(c2ccc(NS(=O)(=O)c3ccc(C(F)F)cc3)nc2)CC1. The van der Waals surface area contributed by atoms with Gasteiger partial charge < -0.3 is 9.80 Å². The third kappa shape index (κ3) is 4.28. The molecule has 0 unspecified atom stereocenters. The molecule has 1 aliphatic rings. The molecule has 9 heteroatoms. The quantitative estimate of drug-likeness (QED) is 0.861. The Balaban J connectivity index is 1.69. The number of aromatic nitrogens is 1. The molecule has 26 heavy (non-hydrogen) atoms. The largest absolute Gasteiger partial charge is 0.368 e. The molecule has 0 saturated carbocycles. The maximum Gasteiger partial charge on any atom is 0.263 e. The summed E-state index contributed by atoms with van der Waals surface area (Å²) in [7, 11) is -1.81. The molecule has 1 aromatic carbocycles. The predicted molar refractivity (Wildman–Crippen MR) is 96.2 cm³/mol. The van der Waals surface area contributed by atoms with Crippen LogP contribution in [0, 0.1) is 0 Å². The van der Waals surface area contributed by atoms with Gasteiger partial charge in [-0.1, -0.05) is 12.1 Å². The van der Waals surface area contributed by atoms with Gasteiger partial charge in [-0.3, -0.25) is 4.72 Å². The van der Waals surface area contributed by atoms with Gasteiger partial charge in [0.1, 0.15) is 5.82 Å². The average molecular weight is 382 g/mol. The number of halogens is 2. The highest BCUT2D eigenvalue weighted by Crippen LogP contribution is 2.22. The van der Waals surface area contributed by atoms with E-state index in [1.54, 1.807) is 12.3 Å². The van der Waals surface area contributed by atoms with E-state index in [4.69, 9.17) is 0 Å². The summed E-state index contributed by atoms with van der Waals surface area (Å²) in [6, 6.07) is 7.92. The second-order valence-corrected chi connectivity index (χ2v) is 7.85. The fourth-order valence-electron chi connectivity index (χ4n) is 2.69. The van der Waals surface area contributed by atoms with E-state index in [1.807, 2.05) is 6.07 Å². The van der Waals surface area contributed by atoms with Gasteiger partial charge in [0.25, 0.3) is 16.4 Å². The van der Waals surface area contributed by atoms with E-state index in [0.29, 0.717) is 0 Å². The zero-order valence-corrected chi connectivity index (χ0v) is 15.1. The van der Waals surface area contributed by atoms with Crippen LogP contribution < -0.4 is 9.62 Å². The molecule has 1 aliphatic heterocycles. The number of sulfonamides is 1. The molecule has 6 nitrogen and oxygen atoms in total. The molecular formula is C17H20F2N4O2S. The van der Waals surface area contributed by atoms with Crippen molar-refractivity contribution in [3.8, 4) is 0 Å². The molecule has 0 radical (unpaired) electrons. The molecular weight excluding hydrogens is 362 g/mol. The van der Waals surface area contributed by atoms with Gasteiger partial charge in [0.05, 0.1) is 16.8 Å². The molecule has 2 aromatic rings. The molecule has 1 saturated heterocycles. The van der Waals surface area contributed by atoms with Crippen molar-refractivity contribution >= 4 is 21.5 Å². The van der Waals surface area contributed by atoms with E-state index < -0.39 is 16.4 Å². The van der Waals surface area contributed by atoms with Crippen LogP contribution in [0.1, 0.15) is 12.0 Å². The maximum atomic E-state index is 12.6. The van der Waals surface area contributed by atoms with E-state index in [1.165, 1.54) is 0 Å². The normalized spacial score (nSPS) is 16.1. The molecule has 0 atom stereocenters. The highest BCUT2D eigenvalue weighted by atomic mass is 32.2. The lowest BCUT2D eigenvalue weighted by Crippen LogP contribution is -2.44. The van der Waals surface area contributed by atoms with E-state index in [-0.39, 0.29) is 16.3 Å². The van der Waals surface area contributed by atoms with Gasteiger partial charge in [-0.2, -0.15) is 0 Å². The summed E-state index contributed by atoms with van der Waals surface area (Å²) >= 11 is 0. The lowest BCUT2D eigenvalue weighted by molar-refractivity contribution is 0.151. The molecule has 1 N–H and O–H groups in total. The Bertz CT molecular complexity index is 834. The van der Waals surface area contributed by atoms with E-state index >= 15 is 0 Å². The number of hydrogen-bond acceptors (Lipinski definition) is 5. The Morgan fingerprint density at radius 1 is 1.04 bits per heavy atom. The molecule has 2 heterocycles. The van der Waals surface area contributed by atoms with E-state index in [9.17, 15) is 17.2 Å². The number of nitrogens with zero attached hydrogens (tertiary/aromatic N) is 3. The third-order valence-corrected chi connectivity index (χ3v) is 5.67. The first-order valence-corrected chi connectivity index (χ1v) is 9.64. The van der Waals surface area contributed by atoms with Crippen molar-refractivity contribution in [3.63, 3.8) is 0 Å². The second-order valence-electron chi connectivity index (χ2n) is 6.17. The Hall–Kier alpha value is -2.26. The summed E-state index contributed by atoms with van der Waals surface area (Å²) in [5.41, 5.74) is 0.709. The van der Waals surface area contributed by atoms with Gasteiger partial charge in [0.2, 0.25) is 0 Å². The Morgan fingerprint density at radius 3 is 2.23 bits per heavy atom. The summed E-state index contributed by atoms with van der Waals surface area (Å²) in [6.45, 7) is 3.70. The monoisotopic (exact) mass is 382 g/mol. The van der Waals surface area contributed by atoms with Crippen molar-refractivity contribution in [2.24, 2.45) is 0 Å². The minimum atomic E-state index is -3.88. The number of benzene rings is 1. The Kier molecular flexibility index (Phi) is 5.38. The molecule has 3 rings (SSSR count). The number of piperazine rings is 1. The third-order valence-electron chi connectivity index (χ3n) is 4.30. The number of hydrogen-bond donors (Lipinski definition) is 1. The highest BCUT2D eigenvalue weighted by molar-refractivity contribution is 7.92. The smallest absolute Gasteiger partial charge is 0.263 e. The van der Waals surface area contributed by atoms with Crippen molar-refractivity contribution in [2.45, 2.75) is 11.3 Å². The number of anilines is 2. The van der Waals surface area contributed by atoms with Crippen LogP contribution in [-0.2, 0) is 10.0 Å². The Morgan fingerprint density at radius 2 is 1.69 bits per heavy atom. The van der Waals surface area contributed by atoms with Gasteiger partial charge in [-0.15, -0.1) is 0 Å². The summed E-state index contributed by atoms with van der Waals surface area (Å²) in [6.07, 6.45) is -1.01. The van der Waals surface area contributed by atoms with Crippen molar-refractivity contribution in [3.05, 3.63) is 48.2 Å². The van der Waals surface area contributed by atoms with Crippen LogP contribution in [0.2, 0.25) is 0 Å². The number of likely N-dealkylation sites (N-methyl/N-ethyl adjacent to an activating group) is 1. The minimum Gasteiger partial charge on any atom is -0.368 e. The van der Waals surface area contributed by atoms with Crippen LogP contribution in [0.4, 0.5) is 20.3 Å². The van der Waals surface area contributed by atoms with Gasteiger partial charge in [-0.25, -0.2) is 22.2 Å². The zero-order chi connectivity index (χ0) is 18.7. The predicted octanol–water partition coefficient (Wildman–Crippen LogP) is 2.57. The van der Waals surface area contributed by atoms with Gasteiger partial charge in [0, 0.05) is 31.7 Å². The molecule has 0 aliphatic carbocycles. The van der Waals surface area contributed by atoms with Crippen molar-refractivity contribution in [1.82, 2.24) is 9.88 Å². The molecule has 1 aromatic heterocycles. The number of rotatable bonds is 5. The lowest BCUT2D eigenvalue weighted by Gasteiger charge is -2.33. The fraction of sp³-hybridized carbons (Fsp3) is 0.353. The van der Waals surface area contributed by atoms with Crippen molar-refractivity contribution in [1.29, 1.82) is 0 Å². The average Bonchev–Trinajstić information content (AvgIpc) is 2.63. The number of pyridine rings is 1.